The first-order chi connectivity index (χ1) is 53.8. The molecule has 4 rings (SSSR count). The smallest absolute Gasteiger partial charge is 0.322 e. The highest BCUT2D eigenvalue weighted by atomic mass is 32.2. The molecular formula is C68H101N19O25S. The van der Waals surface area contributed by atoms with Crippen LogP contribution in [0.25, 0.3) is 0 Å². The van der Waals surface area contributed by atoms with Crippen LogP contribution >= 0.6 is 11.8 Å². The molecule has 0 aromatic rings. The number of aliphatic hydroxyl groups excluding tert-OH is 3. The molecule has 12 atom stereocenters. The van der Waals surface area contributed by atoms with Crippen LogP contribution in [0.5, 0.6) is 0 Å². The third kappa shape index (κ3) is 34.5. The number of aliphatic carboxylic acids is 2. The van der Waals surface area contributed by atoms with Crippen molar-refractivity contribution in [3.05, 3.63) is 24.3 Å². The molecule has 20 amide bonds. The minimum Gasteiger partial charge on any atom is -0.481 e. The van der Waals surface area contributed by atoms with Crippen LogP contribution in [-0.2, 0) is 86.3 Å². The summed E-state index contributed by atoms with van der Waals surface area (Å²) in [6, 6.07) is -13.9. The number of carbonyl (C=O) groups is 20. The largest absolute Gasteiger partial charge is 0.481 e. The maximum absolute atomic E-state index is 13.9. The summed E-state index contributed by atoms with van der Waals surface area (Å²) in [5.74, 6) is -14.0. The van der Waals surface area contributed by atoms with Gasteiger partial charge in [-0.05, 0) is 90.0 Å². The Hall–Kier alpha value is -11.2. The number of unbranched alkanes of at least 4 members (excludes halogenated alkanes) is 4. The Bertz CT molecular complexity index is 3520. The number of imide groups is 3. The van der Waals surface area contributed by atoms with E-state index in [4.69, 9.17) is 17.9 Å². The standard InChI is InChI=1S/C68H101N19O25S/c1-2-11-37(59(70)103)78-64(108)40(14-6-9-28-71-47(90)16-4-3-15-46-58-45(36-113-46)83-68(112)85-58)82-67(111)84-51(94)33-74-62(106)43(34-88)81-63(107)39(12-5-8-27-69)80-66(110)44(35-89)77-50(93)32-73-61(105)38(79-65(109)42(18-24-57(101)102)76-49(92)26-31-87-54(97)21-22-55(87)98)13-7-10-29-72-60(104)41(17-23-56(99)100)75-48(91)25-30-86-52(95)19-20-53(86)96/h1,19-22,37-46,58,61,73,88-89,105H,3-18,23-36,69H2,(H2,70,103)(H,71,90)(H,72,104)(H,74,106)(H,75,91)(H,76,92)(H,77,93)(H,78,108)(H,79,109)(H,80,110)(H,81,107)(H,99,100)(H,101,102)(H2,83,85,112)(H2,82,84,94,111). The fourth-order valence-corrected chi connectivity index (χ4v) is 13.2. The van der Waals surface area contributed by atoms with E-state index in [0.29, 0.717) is 12.8 Å². The molecule has 4 heterocycles. The van der Waals surface area contributed by atoms with E-state index < -0.39 is 226 Å². The minimum atomic E-state index is -1.94. The second-order valence-electron chi connectivity index (χ2n) is 26.4. The summed E-state index contributed by atoms with van der Waals surface area (Å²) < 4.78 is 0. The maximum Gasteiger partial charge on any atom is 0.322 e. The minimum absolute atomic E-state index is 0.00985. The van der Waals surface area contributed by atoms with E-state index in [0.717, 1.165) is 52.7 Å². The van der Waals surface area contributed by atoms with E-state index >= 15 is 0 Å². The van der Waals surface area contributed by atoms with Crippen molar-refractivity contribution >= 4 is 130 Å². The number of hydrogen-bond acceptors (Lipinski definition) is 26. The fraction of sp³-hybridized carbons (Fsp3) is 0.618. The van der Waals surface area contributed by atoms with Crippen molar-refractivity contribution in [3.63, 3.8) is 0 Å². The first-order valence-corrected chi connectivity index (χ1v) is 37.6. The summed E-state index contributed by atoms with van der Waals surface area (Å²) in [5, 5.41) is 87.3. The number of carbonyl (C=O) groups excluding carboxylic acids is 18. The average Bonchev–Trinajstić information content (AvgIpc) is 1.67. The quantitative estimate of drug-likeness (QED) is 0.00884. The van der Waals surface area contributed by atoms with Crippen LogP contribution in [-0.4, -0.2) is 291 Å². The summed E-state index contributed by atoms with van der Waals surface area (Å²) in [6.07, 6.45) is 6.73. The van der Waals surface area contributed by atoms with Gasteiger partial charge in [-0.25, -0.2) is 9.59 Å². The topological polar surface area (TPSA) is 682 Å². The lowest BCUT2D eigenvalue weighted by molar-refractivity contribution is -0.140. The van der Waals surface area contributed by atoms with Crippen molar-refractivity contribution < 1.29 is 121 Å². The number of thioether (sulfide) groups is 1. The van der Waals surface area contributed by atoms with Crippen LogP contribution < -0.4 is 91.2 Å². The van der Waals surface area contributed by atoms with Gasteiger partial charge in [0.15, 0.2) is 0 Å². The van der Waals surface area contributed by atoms with Crippen molar-refractivity contribution in [2.45, 2.75) is 200 Å². The van der Waals surface area contributed by atoms with E-state index in [9.17, 15) is 121 Å². The number of nitrogens with one attached hydrogen (secondary N) is 15. The second-order valence-corrected chi connectivity index (χ2v) is 27.7. The van der Waals surface area contributed by atoms with Crippen molar-refractivity contribution in [2.75, 3.05) is 64.8 Å². The highest BCUT2D eigenvalue weighted by Crippen LogP contribution is 2.33. The molecule has 0 aromatic heterocycles. The highest BCUT2D eigenvalue weighted by Gasteiger charge is 2.43. The van der Waals surface area contributed by atoms with Gasteiger partial charge >= 0.3 is 24.0 Å². The number of hydrogen-bond donors (Lipinski definition) is 22. The number of amides is 20. The molecule has 12 unspecified atom stereocenters. The van der Waals surface area contributed by atoms with Gasteiger partial charge in [0.25, 0.3) is 23.6 Å². The average molecular weight is 1620 g/mol. The van der Waals surface area contributed by atoms with E-state index in [1.165, 1.54) is 0 Å². The molecular weight excluding hydrogens is 1510 g/mol. The SMILES string of the molecule is C#CCC(NC(=O)C(CCCCNC(=O)CCCCC1SCC2NC(=O)NC21)NC(=O)NC(=O)CNC(=O)C(CO)NC(=O)C(CCCCN)NC(=O)C(CO)NC(=O)CNC(O)C(CCCCNC(=O)C(CCC(=O)O)NC(=O)CCN1C(=O)C=CC1=O)NC(=O)C(CCC(=O)O)NC(=O)CCN1C(=O)C=CC1=O)C(N)=O. The number of carboxylic acid groups (broad SMARTS) is 2. The van der Waals surface area contributed by atoms with Crippen molar-refractivity contribution in [1.82, 2.24) is 89.6 Å². The number of nitrogens with zero attached hydrogens (tertiary/aromatic N) is 2. The normalized spacial score (nSPS) is 17.7. The molecule has 2 saturated heterocycles. The molecule has 4 aliphatic heterocycles. The van der Waals surface area contributed by atoms with E-state index in [-0.39, 0.29) is 126 Å². The first kappa shape index (κ1) is 94.2. The van der Waals surface area contributed by atoms with Crippen LogP contribution in [0.2, 0.25) is 0 Å². The Morgan fingerprint density at radius 3 is 1.53 bits per heavy atom. The third-order valence-electron chi connectivity index (χ3n) is 17.8. The maximum atomic E-state index is 13.9. The van der Waals surface area contributed by atoms with Crippen LogP contribution in [0.15, 0.2) is 24.3 Å². The van der Waals surface area contributed by atoms with Crippen LogP contribution in [0, 0.1) is 12.3 Å². The molecule has 0 radical (unpaired) electrons. The number of rotatable bonds is 55. The number of urea groups is 2. The first-order valence-electron chi connectivity index (χ1n) is 36.5. The summed E-state index contributed by atoms with van der Waals surface area (Å²) in [5.41, 5.74) is 11.1. The lowest BCUT2D eigenvalue weighted by Gasteiger charge is -2.28. The van der Waals surface area contributed by atoms with Crippen LogP contribution in [0.4, 0.5) is 9.59 Å². The van der Waals surface area contributed by atoms with Gasteiger partial charge in [0.1, 0.15) is 48.5 Å². The zero-order chi connectivity index (χ0) is 83.7. The molecule has 0 saturated carbocycles. The highest BCUT2D eigenvalue weighted by molar-refractivity contribution is 8.00. The number of fused-ring (bicyclic) bond motifs is 1. The van der Waals surface area contributed by atoms with E-state index in [2.05, 4.69) is 80.4 Å². The summed E-state index contributed by atoms with van der Waals surface area (Å²) in [4.78, 5) is 256. The molecule has 4 aliphatic rings. The van der Waals surface area contributed by atoms with Gasteiger partial charge in [-0.2, -0.15) is 11.8 Å². The lowest BCUT2D eigenvalue weighted by atomic mass is 10.0. The molecule has 113 heavy (non-hydrogen) atoms. The fourth-order valence-electron chi connectivity index (χ4n) is 11.6. The van der Waals surface area contributed by atoms with Gasteiger partial charge in [0.2, 0.25) is 70.9 Å². The monoisotopic (exact) mass is 1620 g/mol. The molecule has 0 aromatic carbocycles. The molecule has 0 bridgehead atoms. The molecule has 24 N–H and O–H groups in total. The Morgan fingerprint density at radius 1 is 0.504 bits per heavy atom. The summed E-state index contributed by atoms with van der Waals surface area (Å²) in [6.45, 7) is -4.78. The van der Waals surface area contributed by atoms with Gasteiger partial charge in [-0.15, -0.1) is 12.3 Å². The second kappa shape index (κ2) is 49.9. The van der Waals surface area contributed by atoms with Crippen molar-refractivity contribution in [3.8, 4) is 12.3 Å². The van der Waals surface area contributed by atoms with Gasteiger partial charge in [0.05, 0.1) is 44.4 Å². The molecule has 2 fully saturated rings. The lowest BCUT2D eigenvalue weighted by Crippen LogP contribution is -2.59. The van der Waals surface area contributed by atoms with Gasteiger partial charge in [-0.3, -0.25) is 107 Å². The Kier molecular flexibility index (Phi) is 41.6. The number of primary amides is 1. The number of carboxylic acids is 2. The summed E-state index contributed by atoms with van der Waals surface area (Å²) >= 11 is 1.77. The number of nitrogens with two attached hydrogens (primary N) is 2. The number of terminal acetylenes is 1. The van der Waals surface area contributed by atoms with E-state index in [1.807, 2.05) is 5.32 Å². The zero-order valence-corrected chi connectivity index (χ0v) is 62.7. The summed E-state index contributed by atoms with van der Waals surface area (Å²) in [7, 11) is 0. The van der Waals surface area contributed by atoms with Gasteiger partial charge in [0, 0.05) is 100 Å². The van der Waals surface area contributed by atoms with Gasteiger partial charge in [-0.1, -0.05) is 6.42 Å². The van der Waals surface area contributed by atoms with E-state index in [1.54, 1.807) is 11.8 Å². The molecule has 44 nitrogen and oxygen atoms in total. The molecule has 0 spiro atoms. The molecule has 0 aliphatic carbocycles. The van der Waals surface area contributed by atoms with Crippen LogP contribution in [0.1, 0.15) is 128 Å². The molecule has 624 valence electrons. The van der Waals surface area contributed by atoms with Crippen LogP contribution in [0.3, 0.4) is 0 Å². The van der Waals surface area contributed by atoms with Gasteiger partial charge < -0.3 is 106 Å². The third-order valence-corrected chi connectivity index (χ3v) is 19.3. The molecule has 45 heteroatoms. The predicted octanol–water partition coefficient (Wildman–Crippen LogP) is -9.12. The van der Waals surface area contributed by atoms with Crippen molar-refractivity contribution in [2.24, 2.45) is 11.5 Å². The Balaban J connectivity index is 1.35. The predicted molar refractivity (Wildman–Crippen MR) is 393 cm³/mol. The Morgan fingerprint density at radius 2 is 0.982 bits per heavy atom. The van der Waals surface area contributed by atoms with Crippen molar-refractivity contribution in [1.29, 1.82) is 0 Å². The Labute approximate surface area is 652 Å². The number of aliphatic hydroxyl groups is 3. The zero-order valence-electron chi connectivity index (χ0n) is 61.9.